The maximum absolute atomic E-state index is 13.6. The summed E-state index contributed by atoms with van der Waals surface area (Å²) in [6.45, 7) is 6.33. The molecular weight excluding hydrogens is 556 g/mol. The van der Waals surface area contributed by atoms with Gasteiger partial charge in [-0.05, 0) is 98.8 Å². The molecule has 0 aliphatic carbocycles. The zero-order valence-corrected chi connectivity index (χ0v) is 24.8. The number of nitrogens with one attached hydrogen (secondary N) is 2. The molecule has 4 rings (SSSR count). The van der Waals surface area contributed by atoms with Crippen LogP contribution in [0.5, 0.6) is 5.75 Å². The smallest absolute Gasteiger partial charge is 0.264 e. The van der Waals surface area contributed by atoms with Crippen LogP contribution < -0.4 is 19.8 Å². The Balaban J connectivity index is 1.34. The molecule has 2 N–H and O–H groups in total. The molecule has 11 heteroatoms. The molecule has 3 aromatic rings. The lowest BCUT2D eigenvalue weighted by molar-refractivity contribution is -0.123. The number of ether oxygens (including phenoxy) is 2. The van der Waals surface area contributed by atoms with E-state index < -0.39 is 22.5 Å². The lowest BCUT2D eigenvalue weighted by atomic mass is 10.1. The molecule has 0 saturated carbocycles. The number of rotatable bonds is 12. The average Bonchev–Trinajstić information content (AvgIpc) is 3.50. The molecule has 2 amide bonds. The molecule has 0 bridgehead atoms. The van der Waals surface area contributed by atoms with Gasteiger partial charge in [-0.1, -0.05) is 23.8 Å². The monoisotopic (exact) mass is 592 g/mol. The van der Waals surface area contributed by atoms with E-state index in [0.717, 1.165) is 40.4 Å². The van der Waals surface area contributed by atoms with Crippen LogP contribution in [0.1, 0.15) is 35.1 Å². The van der Waals surface area contributed by atoms with E-state index in [1.165, 1.54) is 18.3 Å². The number of carbonyl (C=O) groups is 2. The molecule has 1 aliphatic rings. The largest absolute Gasteiger partial charge is 0.484 e. The maximum Gasteiger partial charge on any atom is 0.264 e. The summed E-state index contributed by atoms with van der Waals surface area (Å²) in [6, 6.07) is 18.6. The number of hydrogen-bond donors (Lipinski definition) is 2. The number of carbonyl (C=O) groups excluding carboxylic acids is 2. The minimum Gasteiger partial charge on any atom is -0.484 e. The van der Waals surface area contributed by atoms with Gasteiger partial charge in [-0.3, -0.25) is 13.9 Å². The van der Waals surface area contributed by atoms with Crippen molar-refractivity contribution >= 4 is 33.7 Å². The number of benzene rings is 3. The minimum atomic E-state index is -4.03. The molecule has 10 nitrogen and oxygen atoms in total. The van der Waals surface area contributed by atoms with E-state index in [4.69, 9.17) is 9.47 Å². The molecule has 42 heavy (non-hydrogen) atoms. The van der Waals surface area contributed by atoms with Gasteiger partial charge in [-0.25, -0.2) is 13.8 Å². The number of hydrazone groups is 1. The van der Waals surface area contributed by atoms with Crippen molar-refractivity contribution < 1.29 is 27.5 Å². The van der Waals surface area contributed by atoms with Crippen LogP contribution in [0.2, 0.25) is 0 Å². The van der Waals surface area contributed by atoms with Crippen LogP contribution in [0.25, 0.3) is 0 Å². The molecule has 0 aromatic heterocycles. The highest BCUT2D eigenvalue weighted by Gasteiger charge is 2.27. The third-order valence-corrected chi connectivity index (χ3v) is 8.67. The van der Waals surface area contributed by atoms with Crippen molar-refractivity contribution in [1.82, 2.24) is 10.7 Å². The molecule has 1 saturated heterocycles. The molecule has 222 valence electrons. The standard InChI is InChI=1S/C31H36N4O6S/c1-22-6-14-29(15-7-22)42(38,39)35(26-11-8-23(2)24(3)17-26)20-30(36)34-33-18-25-9-12-27(13-10-25)41-21-31(37)32-19-28-5-4-16-40-28/h6-15,17-18,28H,4-5,16,19-21H2,1-3H3,(H,32,37)(H,34,36)/b33-18-/t28-/m1/s1. The first kappa shape index (κ1) is 30.7. The molecule has 1 heterocycles. The van der Waals surface area contributed by atoms with Gasteiger partial charge in [0.15, 0.2) is 6.61 Å². The number of anilines is 1. The fourth-order valence-corrected chi connectivity index (χ4v) is 5.67. The highest BCUT2D eigenvalue weighted by atomic mass is 32.2. The van der Waals surface area contributed by atoms with Crippen LogP contribution in [0.4, 0.5) is 5.69 Å². The zero-order chi connectivity index (χ0) is 30.1. The lowest BCUT2D eigenvalue weighted by Gasteiger charge is -2.24. The lowest BCUT2D eigenvalue weighted by Crippen LogP contribution is -2.39. The second kappa shape index (κ2) is 14.1. The number of hydrogen-bond acceptors (Lipinski definition) is 7. The Morgan fingerprint density at radius 2 is 1.74 bits per heavy atom. The van der Waals surface area contributed by atoms with Gasteiger partial charge < -0.3 is 14.8 Å². The van der Waals surface area contributed by atoms with Gasteiger partial charge in [0.2, 0.25) is 0 Å². The van der Waals surface area contributed by atoms with Gasteiger partial charge in [0.1, 0.15) is 12.3 Å². The van der Waals surface area contributed by atoms with Crippen molar-refractivity contribution in [2.45, 2.75) is 44.6 Å². The number of aryl methyl sites for hydroxylation is 3. The van der Waals surface area contributed by atoms with Gasteiger partial charge in [-0.2, -0.15) is 5.10 Å². The fraction of sp³-hybridized carbons (Fsp3) is 0.323. The number of sulfonamides is 1. The summed E-state index contributed by atoms with van der Waals surface area (Å²) >= 11 is 0. The summed E-state index contributed by atoms with van der Waals surface area (Å²) in [7, 11) is -4.03. The Morgan fingerprint density at radius 1 is 1.00 bits per heavy atom. The van der Waals surface area contributed by atoms with Gasteiger partial charge in [0, 0.05) is 13.2 Å². The van der Waals surface area contributed by atoms with Gasteiger partial charge in [0.05, 0.1) is 22.9 Å². The van der Waals surface area contributed by atoms with E-state index in [1.807, 2.05) is 26.8 Å². The highest BCUT2D eigenvalue weighted by Crippen LogP contribution is 2.26. The summed E-state index contributed by atoms with van der Waals surface area (Å²) in [5.41, 5.74) is 6.30. The summed E-state index contributed by atoms with van der Waals surface area (Å²) in [6.07, 6.45) is 3.46. The van der Waals surface area contributed by atoms with E-state index >= 15 is 0 Å². The quantitative estimate of drug-likeness (QED) is 0.244. The maximum atomic E-state index is 13.6. The van der Waals surface area contributed by atoms with Crippen molar-refractivity contribution in [2.24, 2.45) is 5.10 Å². The molecule has 0 unspecified atom stereocenters. The first-order chi connectivity index (χ1) is 20.1. The van der Waals surface area contributed by atoms with Crippen molar-refractivity contribution in [3.63, 3.8) is 0 Å². The van der Waals surface area contributed by atoms with Crippen molar-refractivity contribution in [1.29, 1.82) is 0 Å². The predicted molar refractivity (Wildman–Crippen MR) is 161 cm³/mol. The van der Waals surface area contributed by atoms with Gasteiger partial charge in [0.25, 0.3) is 21.8 Å². The number of nitrogens with zero attached hydrogens (tertiary/aromatic N) is 2. The topological polar surface area (TPSA) is 126 Å². The van der Waals surface area contributed by atoms with E-state index in [1.54, 1.807) is 48.5 Å². The average molecular weight is 593 g/mol. The second-order valence-electron chi connectivity index (χ2n) is 10.2. The minimum absolute atomic E-state index is 0.0699. The van der Waals surface area contributed by atoms with Crippen LogP contribution in [0.3, 0.4) is 0 Å². The Bertz CT molecular complexity index is 1520. The predicted octanol–water partition coefficient (Wildman–Crippen LogP) is 3.63. The fourth-order valence-electron chi connectivity index (χ4n) is 4.26. The SMILES string of the molecule is Cc1ccc(S(=O)(=O)N(CC(=O)N/N=C\c2ccc(OCC(=O)NC[C@H]3CCCO3)cc2)c2ccc(C)c(C)c2)cc1. The van der Waals surface area contributed by atoms with Crippen LogP contribution in [0.15, 0.2) is 76.7 Å². The molecule has 0 spiro atoms. The van der Waals surface area contributed by atoms with Crippen LogP contribution in [-0.4, -0.2) is 58.9 Å². The molecule has 1 aliphatic heterocycles. The Kier molecular flexibility index (Phi) is 10.3. The number of amides is 2. The van der Waals surface area contributed by atoms with E-state index in [9.17, 15) is 18.0 Å². The third kappa shape index (κ3) is 8.40. The summed E-state index contributed by atoms with van der Waals surface area (Å²) < 4.78 is 39.2. The van der Waals surface area contributed by atoms with Crippen molar-refractivity contribution in [2.75, 3.05) is 30.6 Å². The van der Waals surface area contributed by atoms with Crippen molar-refractivity contribution in [3.05, 3.63) is 89.0 Å². The van der Waals surface area contributed by atoms with E-state index in [-0.39, 0.29) is 23.5 Å². The molecular formula is C31H36N4O6S. The molecule has 3 aromatic carbocycles. The third-order valence-electron chi connectivity index (χ3n) is 6.88. The Labute approximate surface area is 246 Å². The first-order valence-corrected chi connectivity index (χ1v) is 15.2. The molecule has 0 radical (unpaired) electrons. The first-order valence-electron chi connectivity index (χ1n) is 13.7. The summed E-state index contributed by atoms with van der Waals surface area (Å²) in [5, 5.41) is 6.79. The van der Waals surface area contributed by atoms with Crippen LogP contribution >= 0.6 is 0 Å². The van der Waals surface area contributed by atoms with E-state index in [0.29, 0.717) is 23.5 Å². The Morgan fingerprint density at radius 3 is 2.40 bits per heavy atom. The zero-order valence-electron chi connectivity index (χ0n) is 24.0. The van der Waals surface area contributed by atoms with Gasteiger partial charge >= 0.3 is 0 Å². The second-order valence-corrected chi connectivity index (χ2v) is 12.0. The Hall–Kier alpha value is -4.22. The van der Waals surface area contributed by atoms with Crippen LogP contribution in [0, 0.1) is 20.8 Å². The van der Waals surface area contributed by atoms with Crippen molar-refractivity contribution in [3.8, 4) is 5.75 Å². The van der Waals surface area contributed by atoms with Gasteiger partial charge in [-0.15, -0.1) is 0 Å². The summed E-state index contributed by atoms with van der Waals surface area (Å²) in [4.78, 5) is 24.9. The summed E-state index contributed by atoms with van der Waals surface area (Å²) in [5.74, 6) is -0.319. The normalized spacial score (nSPS) is 15.0. The molecule has 1 fully saturated rings. The van der Waals surface area contributed by atoms with E-state index in [2.05, 4.69) is 15.8 Å². The van der Waals surface area contributed by atoms with Crippen LogP contribution in [-0.2, 0) is 24.3 Å². The molecule has 1 atom stereocenters. The highest BCUT2D eigenvalue weighted by molar-refractivity contribution is 7.92.